The lowest BCUT2D eigenvalue weighted by molar-refractivity contribution is 0.0949. The van der Waals surface area contributed by atoms with Gasteiger partial charge in [0, 0.05) is 12.7 Å². The van der Waals surface area contributed by atoms with Crippen LogP contribution in [-0.4, -0.2) is 24.5 Å². The molecule has 0 radical (unpaired) electrons. The first-order valence-electron chi connectivity index (χ1n) is 6.56. The Morgan fingerprint density at radius 1 is 1.29 bits per heavy atom. The summed E-state index contributed by atoms with van der Waals surface area (Å²) >= 11 is 0. The maximum atomic E-state index is 11.9. The van der Waals surface area contributed by atoms with Crippen LogP contribution in [0.25, 0.3) is 0 Å². The number of rotatable bonds is 6. The van der Waals surface area contributed by atoms with Gasteiger partial charge in [0.1, 0.15) is 11.4 Å². The molecule has 1 aromatic carbocycles. The molecule has 6 heteroatoms. The van der Waals surface area contributed by atoms with Crippen molar-refractivity contribution in [1.29, 1.82) is 0 Å². The number of ether oxygens (including phenoxy) is 1. The number of nitrogens with one attached hydrogen (secondary N) is 2. The van der Waals surface area contributed by atoms with Gasteiger partial charge in [0.25, 0.3) is 5.91 Å². The second kappa shape index (κ2) is 7.25. The molecule has 0 atom stereocenters. The number of anilines is 1. The van der Waals surface area contributed by atoms with E-state index < -0.39 is 0 Å². The van der Waals surface area contributed by atoms with Gasteiger partial charge in [-0.2, -0.15) is 0 Å². The zero-order chi connectivity index (χ0) is 15.1. The van der Waals surface area contributed by atoms with E-state index in [9.17, 15) is 4.79 Å². The summed E-state index contributed by atoms with van der Waals surface area (Å²) < 4.78 is 5.10. The highest BCUT2D eigenvalue weighted by Crippen LogP contribution is 2.11. The first-order valence-corrected chi connectivity index (χ1v) is 6.56. The predicted molar refractivity (Wildman–Crippen MR) is 81.1 cm³/mol. The van der Waals surface area contributed by atoms with Crippen molar-refractivity contribution in [2.75, 3.05) is 19.1 Å². The van der Waals surface area contributed by atoms with Gasteiger partial charge in [-0.3, -0.25) is 15.6 Å². The summed E-state index contributed by atoms with van der Waals surface area (Å²) in [6.45, 7) is 0.535. The number of carbonyl (C=O) groups excluding carboxylic acids is 1. The molecule has 0 bridgehead atoms. The molecule has 2 aromatic rings. The lowest BCUT2D eigenvalue weighted by Gasteiger charge is -2.07. The molecule has 0 spiro atoms. The molecule has 2 rings (SSSR count). The summed E-state index contributed by atoms with van der Waals surface area (Å²) in [6.07, 6.45) is 2.28. The highest BCUT2D eigenvalue weighted by atomic mass is 16.5. The van der Waals surface area contributed by atoms with E-state index in [-0.39, 0.29) is 5.91 Å². The summed E-state index contributed by atoms with van der Waals surface area (Å²) in [6, 6.07) is 11.0. The minimum Gasteiger partial charge on any atom is -0.497 e. The van der Waals surface area contributed by atoms with E-state index in [0.717, 1.165) is 17.7 Å². The zero-order valence-corrected chi connectivity index (χ0v) is 11.8. The van der Waals surface area contributed by atoms with Crippen LogP contribution in [0.4, 0.5) is 5.69 Å². The number of nitrogen functional groups attached to an aromatic ring is 1. The number of nitrogens with two attached hydrogens (primary N) is 1. The van der Waals surface area contributed by atoms with Crippen LogP contribution in [-0.2, 0) is 6.42 Å². The van der Waals surface area contributed by atoms with Gasteiger partial charge in [-0.1, -0.05) is 12.1 Å². The number of hydrogen-bond acceptors (Lipinski definition) is 5. The van der Waals surface area contributed by atoms with E-state index in [2.05, 4.69) is 15.7 Å². The van der Waals surface area contributed by atoms with Crippen LogP contribution in [0.3, 0.4) is 0 Å². The second-order valence-electron chi connectivity index (χ2n) is 4.43. The van der Waals surface area contributed by atoms with Crippen LogP contribution in [0.1, 0.15) is 16.1 Å². The minimum absolute atomic E-state index is 0.222. The number of benzene rings is 1. The summed E-state index contributed by atoms with van der Waals surface area (Å²) in [5.74, 6) is 5.89. The predicted octanol–water partition coefficient (Wildman–Crippen LogP) is 1.35. The number of hydrazine groups is 1. The third-order valence-electron chi connectivity index (χ3n) is 3.02. The largest absolute Gasteiger partial charge is 0.497 e. The van der Waals surface area contributed by atoms with Gasteiger partial charge in [-0.05, 0) is 36.2 Å². The van der Waals surface area contributed by atoms with Gasteiger partial charge >= 0.3 is 0 Å². The number of aromatic nitrogens is 1. The molecule has 4 N–H and O–H groups in total. The zero-order valence-electron chi connectivity index (χ0n) is 11.8. The Bertz CT molecular complexity index is 599. The molecule has 0 saturated heterocycles. The first kappa shape index (κ1) is 14.8. The summed E-state index contributed by atoms with van der Waals surface area (Å²) in [4.78, 5) is 16.0. The minimum atomic E-state index is -0.222. The maximum absolute atomic E-state index is 11.9. The number of amides is 1. The number of pyridine rings is 1. The molecule has 1 aromatic heterocycles. The van der Waals surface area contributed by atoms with Crippen molar-refractivity contribution in [2.24, 2.45) is 5.84 Å². The monoisotopic (exact) mass is 286 g/mol. The quantitative estimate of drug-likeness (QED) is 0.551. The number of carbonyl (C=O) groups is 1. The highest BCUT2D eigenvalue weighted by molar-refractivity contribution is 5.93. The van der Waals surface area contributed by atoms with Crippen LogP contribution >= 0.6 is 0 Å². The molecular formula is C15H18N4O2. The number of nitrogens with zero attached hydrogens (tertiary/aromatic N) is 1. The van der Waals surface area contributed by atoms with Crippen molar-refractivity contribution in [3.05, 3.63) is 53.9 Å². The van der Waals surface area contributed by atoms with Crippen LogP contribution in [0.15, 0.2) is 42.6 Å². The van der Waals surface area contributed by atoms with E-state index >= 15 is 0 Å². The van der Waals surface area contributed by atoms with Gasteiger partial charge in [0.05, 0.1) is 12.8 Å². The first-order chi connectivity index (χ1) is 10.2. The Morgan fingerprint density at radius 3 is 2.71 bits per heavy atom. The third-order valence-corrected chi connectivity index (χ3v) is 3.02. The van der Waals surface area contributed by atoms with E-state index in [1.165, 1.54) is 6.20 Å². The van der Waals surface area contributed by atoms with Crippen molar-refractivity contribution in [3.63, 3.8) is 0 Å². The van der Waals surface area contributed by atoms with Gasteiger partial charge < -0.3 is 15.5 Å². The molecule has 0 fully saturated rings. The summed E-state index contributed by atoms with van der Waals surface area (Å²) in [5, 5.41) is 2.83. The number of methoxy groups -OCH3 is 1. The highest BCUT2D eigenvalue weighted by Gasteiger charge is 2.07. The molecule has 1 heterocycles. The van der Waals surface area contributed by atoms with E-state index in [0.29, 0.717) is 17.9 Å². The van der Waals surface area contributed by atoms with E-state index in [1.807, 2.05) is 24.3 Å². The molecule has 0 aliphatic carbocycles. The normalized spacial score (nSPS) is 10.0. The SMILES string of the molecule is COc1ccc(CCNC(=O)c2cc(NN)ccn2)cc1. The Morgan fingerprint density at radius 2 is 2.05 bits per heavy atom. The Balaban J connectivity index is 1.85. The number of hydrogen-bond donors (Lipinski definition) is 3. The fraction of sp³-hybridized carbons (Fsp3) is 0.200. The van der Waals surface area contributed by atoms with Gasteiger partial charge in [0.2, 0.25) is 0 Å². The van der Waals surface area contributed by atoms with Crippen molar-refractivity contribution in [3.8, 4) is 5.75 Å². The Hall–Kier alpha value is -2.60. The van der Waals surface area contributed by atoms with E-state index in [4.69, 9.17) is 10.6 Å². The molecular weight excluding hydrogens is 268 g/mol. The van der Waals surface area contributed by atoms with Crippen LogP contribution < -0.4 is 21.3 Å². The molecule has 0 aliphatic rings. The summed E-state index contributed by atoms with van der Waals surface area (Å²) in [5.41, 5.74) is 4.59. The average molecular weight is 286 g/mol. The topological polar surface area (TPSA) is 89.3 Å². The Kier molecular flexibility index (Phi) is 5.11. The molecule has 1 amide bonds. The van der Waals surface area contributed by atoms with Gasteiger partial charge in [-0.25, -0.2) is 0 Å². The lowest BCUT2D eigenvalue weighted by Crippen LogP contribution is -2.26. The van der Waals surface area contributed by atoms with Gasteiger partial charge in [-0.15, -0.1) is 0 Å². The van der Waals surface area contributed by atoms with Crippen LogP contribution in [0, 0.1) is 0 Å². The smallest absolute Gasteiger partial charge is 0.269 e. The summed E-state index contributed by atoms with van der Waals surface area (Å²) in [7, 11) is 1.63. The Labute approximate surface area is 123 Å². The molecule has 21 heavy (non-hydrogen) atoms. The molecule has 0 unspecified atom stereocenters. The second-order valence-corrected chi connectivity index (χ2v) is 4.43. The van der Waals surface area contributed by atoms with Gasteiger partial charge in [0.15, 0.2) is 0 Å². The lowest BCUT2D eigenvalue weighted by atomic mass is 10.1. The fourth-order valence-electron chi connectivity index (χ4n) is 1.85. The third kappa shape index (κ3) is 4.19. The van der Waals surface area contributed by atoms with Crippen molar-refractivity contribution in [1.82, 2.24) is 10.3 Å². The molecule has 0 aliphatic heterocycles. The van der Waals surface area contributed by atoms with E-state index in [1.54, 1.807) is 19.2 Å². The maximum Gasteiger partial charge on any atom is 0.269 e. The van der Waals surface area contributed by atoms with Crippen LogP contribution in [0.2, 0.25) is 0 Å². The fourth-order valence-corrected chi connectivity index (χ4v) is 1.85. The molecule has 0 saturated carbocycles. The van der Waals surface area contributed by atoms with Crippen LogP contribution in [0.5, 0.6) is 5.75 Å². The van der Waals surface area contributed by atoms with Crippen molar-refractivity contribution in [2.45, 2.75) is 6.42 Å². The van der Waals surface area contributed by atoms with Crippen molar-refractivity contribution >= 4 is 11.6 Å². The van der Waals surface area contributed by atoms with Crippen molar-refractivity contribution < 1.29 is 9.53 Å². The average Bonchev–Trinajstić information content (AvgIpc) is 2.55. The molecule has 110 valence electrons. The standard InChI is InChI=1S/C15H18N4O2/c1-21-13-4-2-11(3-5-13)6-8-18-15(20)14-10-12(19-16)7-9-17-14/h2-5,7,9-10H,6,8,16H2,1H3,(H,17,19)(H,18,20). The molecule has 6 nitrogen and oxygen atoms in total.